The van der Waals surface area contributed by atoms with E-state index in [9.17, 15) is 13.5 Å². The Morgan fingerprint density at radius 1 is 1.00 bits per heavy atom. The van der Waals surface area contributed by atoms with Crippen LogP contribution in [0.5, 0.6) is 5.75 Å². The Bertz CT molecular complexity index is 1330. The number of phenols is 1. The maximum atomic E-state index is 12.3. The van der Waals surface area contributed by atoms with Gasteiger partial charge >= 0.3 is 0 Å². The summed E-state index contributed by atoms with van der Waals surface area (Å²) in [7, 11) is -3.49. The zero-order valence-electron chi connectivity index (χ0n) is 17.1. The number of aromatic nitrogens is 3. The van der Waals surface area contributed by atoms with Crippen LogP contribution in [0.2, 0.25) is 0 Å². The molecule has 2 heterocycles. The van der Waals surface area contributed by atoms with Crippen LogP contribution in [0.15, 0.2) is 76.2 Å². The van der Waals surface area contributed by atoms with Crippen molar-refractivity contribution in [2.75, 3.05) is 18.4 Å². The minimum atomic E-state index is -3.49. The maximum Gasteiger partial charge on any atom is 0.240 e. The van der Waals surface area contributed by atoms with Gasteiger partial charge in [-0.1, -0.05) is 30.3 Å². The molecule has 0 aliphatic heterocycles. The van der Waals surface area contributed by atoms with E-state index in [1.165, 1.54) is 0 Å². The minimum Gasteiger partial charge on any atom is -0.507 e. The SMILES string of the molecule is O=S(=O)(NCCCCNc1cc(-c2ccccc2O)nc2c(Br)cnn12)c1ccccc1. The molecule has 0 fully saturated rings. The molecule has 0 spiro atoms. The standard InChI is InChI=1S/C22H22BrN5O3S/c23-18-15-25-28-21(14-19(27-22(18)28)17-10-4-5-11-20(17)29)24-12-6-7-13-26-32(30,31)16-8-2-1-3-9-16/h1-5,8-11,14-15,24,26,29H,6-7,12-13H2. The van der Waals surface area contributed by atoms with Crippen LogP contribution < -0.4 is 10.0 Å². The first-order valence-corrected chi connectivity index (χ1v) is 12.3. The van der Waals surface area contributed by atoms with Crippen molar-refractivity contribution in [3.8, 4) is 17.0 Å². The molecular weight excluding hydrogens is 494 g/mol. The number of para-hydroxylation sites is 1. The number of nitrogens with one attached hydrogen (secondary N) is 2. The fourth-order valence-corrected chi connectivity index (χ4v) is 4.69. The van der Waals surface area contributed by atoms with E-state index in [-0.39, 0.29) is 10.6 Å². The topological polar surface area (TPSA) is 109 Å². The van der Waals surface area contributed by atoms with Gasteiger partial charge in [-0.15, -0.1) is 0 Å². The number of benzene rings is 2. The number of anilines is 1. The Labute approximate surface area is 194 Å². The highest BCUT2D eigenvalue weighted by molar-refractivity contribution is 9.10. The summed E-state index contributed by atoms with van der Waals surface area (Å²) in [5.41, 5.74) is 1.88. The predicted molar refractivity (Wildman–Crippen MR) is 127 cm³/mol. The molecule has 10 heteroatoms. The summed E-state index contributed by atoms with van der Waals surface area (Å²) >= 11 is 3.47. The first-order chi connectivity index (χ1) is 15.5. The quantitative estimate of drug-likeness (QED) is 0.290. The van der Waals surface area contributed by atoms with Gasteiger partial charge in [0.15, 0.2) is 5.65 Å². The van der Waals surface area contributed by atoms with E-state index in [0.717, 1.165) is 16.7 Å². The lowest BCUT2D eigenvalue weighted by Gasteiger charge is -2.12. The summed E-state index contributed by atoms with van der Waals surface area (Å²) < 4.78 is 29.6. The van der Waals surface area contributed by atoms with Gasteiger partial charge < -0.3 is 10.4 Å². The molecule has 166 valence electrons. The molecule has 0 saturated carbocycles. The van der Waals surface area contributed by atoms with Gasteiger partial charge in [0.05, 0.1) is 21.3 Å². The smallest absolute Gasteiger partial charge is 0.240 e. The fourth-order valence-electron chi connectivity index (χ4n) is 3.25. The molecule has 8 nitrogen and oxygen atoms in total. The number of halogens is 1. The molecule has 0 unspecified atom stereocenters. The second kappa shape index (κ2) is 9.68. The average molecular weight is 516 g/mol. The second-order valence-corrected chi connectivity index (χ2v) is 9.74. The molecule has 0 bridgehead atoms. The molecule has 32 heavy (non-hydrogen) atoms. The van der Waals surface area contributed by atoms with Crippen LogP contribution in [0, 0.1) is 0 Å². The number of sulfonamides is 1. The molecule has 0 atom stereocenters. The number of phenolic OH excluding ortho intramolecular Hbond substituents is 1. The molecule has 0 aliphatic rings. The van der Waals surface area contributed by atoms with Crippen LogP contribution >= 0.6 is 15.9 Å². The maximum absolute atomic E-state index is 12.3. The van der Waals surface area contributed by atoms with Crippen molar-refractivity contribution < 1.29 is 13.5 Å². The van der Waals surface area contributed by atoms with Crippen molar-refractivity contribution >= 4 is 37.4 Å². The summed E-state index contributed by atoms with van der Waals surface area (Å²) in [4.78, 5) is 4.88. The fraction of sp³-hybridized carbons (Fsp3) is 0.182. The zero-order valence-corrected chi connectivity index (χ0v) is 19.5. The van der Waals surface area contributed by atoms with Gasteiger partial charge in [0.1, 0.15) is 11.6 Å². The first-order valence-electron chi connectivity index (χ1n) is 10.1. The highest BCUT2D eigenvalue weighted by Crippen LogP contribution is 2.31. The monoisotopic (exact) mass is 515 g/mol. The number of rotatable bonds is 9. The highest BCUT2D eigenvalue weighted by atomic mass is 79.9. The second-order valence-electron chi connectivity index (χ2n) is 7.12. The third-order valence-electron chi connectivity index (χ3n) is 4.86. The van der Waals surface area contributed by atoms with E-state index in [1.54, 1.807) is 59.2 Å². The number of aromatic hydroxyl groups is 1. The number of unbranched alkanes of at least 4 members (excludes halogenated alkanes) is 1. The minimum absolute atomic E-state index is 0.150. The number of hydrogen-bond donors (Lipinski definition) is 3. The third kappa shape index (κ3) is 4.93. The van der Waals surface area contributed by atoms with Gasteiger partial charge in [-0.25, -0.2) is 18.1 Å². The molecule has 0 amide bonds. The Hall–Kier alpha value is -2.95. The van der Waals surface area contributed by atoms with E-state index in [4.69, 9.17) is 0 Å². The lowest BCUT2D eigenvalue weighted by atomic mass is 10.1. The van der Waals surface area contributed by atoms with Crippen LogP contribution in [0.3, 0.4) is 0 Å². The van der Waals surface area contributed by atoms with E-state index < -0.39 is 10.0 Å². The highest BCUT2D eigenvalue weighted by Gasteiger charge is 2.14. The van der Waals surface area contributed by atoms with Gasteiger partial charge in [-0.2, -0.15) is 9.61 Å². The van der Waals surface area contributed by atoms with Crippen LogP contribution in [0.1, 0.15) is 12.8 Å². The largest absolute Gasteiger partial charge is 0.507 e. The van der Waals surface area contributed by atoms with Crippen LogP contribution in [0.25, 0.3) is 16.9 Å². The van der Waals surface area contributed by atoms with Crippen molar-refractivity contribution in [3.05, 3.63) is 71.3 Å². The zero-order chi connectivity index (χ0) is 22.6. The van der Waals surface area contributed by atoms with Crippen LogP contribution in [0.4, 0.5) is 5.82 Å². The lowest BCUT2D eigenvalue weighted by Crippen LogP contribution is -2.25. The summed E-state index contributed by atoms with van der Waals surface area (Å²) in [5, 5.41) is 17.9. The van der Waals surface area contributed by atoms with E-state index >= 15 is 0 Å². The summed E-state index contributed by atoms with van der Waals surface area (Å²) in [6.07, 6.45) is 3.08. The Kier molecular flexibility index (Phi) is 6.73. The molecule has 4 rings (SSSR count). The van der Waals surface area contributed by atoms with Crippen LogP contribution in [-0.4, -0.2) is 41.2 Å². The van der Waals surface area contributed by atoms with Crippen LogP contribution in [-0.2, 0) is 10.0 Å². The van der Waals surface area contributed by atoms with E-state index in [1.807, 2.05) is 12.1 Å². The molecule has 4 aromatic rings. The number of fused-ring (bicyclic) bond motifs is 1. The average Bonchev–Trinajstić information content (AvgIpc) is 3.18. The van der Waals surface area contributed by atoms with Gasteiger partial charge in [0.2, 0.25) is 10.0 Å². The Balaban J connectivity index is 1.40. The molecule has 2 aromatic carbocycles. The third-order valence-corrected chi connectivity index (χ3v) is 6.90. The van der Waals surface area contributed by atoms with Crippen molar-refractivity contribution in [1.82, 2.24) is 19.3 Å². The predicted octanol–water partition coefficient (Wildman–Crippen LogP) is 4.04. The van der Waals surface area contributed by atoms with Crippen molar-refractivity contribution in [2.45, 2.75) is 17.7 Å². The molecule has 0 radical (unpaired) electrons. The number of hydrogen-bond acceptors (Lipinski definition) is 6. The van der Waals surface area contributed by atoms with E-state index in [0.29, 0.717) is 36.4 Å². The summed E-state index contributed by atoms with van der Waals surface area (Å²) in [6.45, 7) is 0.963. The van der Waals surface area contributed by atoms with Gasteiger partial charge in [-0.3, -0.25) is 0 Å². The Morgan fingerprint density at radius 3 is 2.50 bits per heavy atom. The molecule has 0 saturated heterocycles. The molecular formula is C22H22BrN5O3S. The molecule has 2 aromatic heterocycles. The summed E-state index contributed by atoms with van der Waals surface area (Å²) in [6, 6.07) is 17.2. The first kappa shape index (κ1) is 22.3. The molecule has 0 aliphatic carbocycles. The van der Waals surface area contributed by atoms with E-state index in [2.05, 4.69) is 36.1 Å². The Morgan fingerprint density at radius 2 is 1.72 bits per heavy atom. The van der Waals surface area contributed by atoms with Crippen molar-refractivity contribution in [2.24, 2.45) is 0 Å². The normalized spacial score (nSPS) is 11.7. The van der Waals surface area contributed by atoms with Gasteiger partial charge in [0, 0.05) is 24.7 Å². The van der Waals surface area contributed by atoms with Crippen molar-refractivity contribution in [1.29, 1.82) is 0 Å². The summed E-state index contributed by atoms with van der Waals surface area (Å²) in [5.74, 6) is 0.875. The lowest BCUT2D eigenvalue weighted by molar-refractivity contribution is 0.477. The van der Waals surface area contributed by atoms with Gasteiger partial charge in [0.25, 0.3) is 0 Å². The molecule has 3 N–H and O–H groups in total. The number of nitrogens with zero attached hydrogens (tertiary/aromatic N) is 3. The van der Waals surface area contributed by atoms with Gasteiger partial charge in [-0.05, 0) is 53.0 Å². The van der Waals surface area contributed by atoms with Crippen molar-refractivity contribution in [3.63, 3.8) is 0 Å².